The molecule has 3 N–H and O–H groups in total. The number of nitrogens with one attached hydrogen (secondary N) is 1. The minimum absolute atomic E-state index is 0.177. The van der Waals surface area contributed by atoms with E-state index in [1.165, 1.54) is 12.1 Å². The SMILES string of the molecule is Cc1cc(Cl)c(CNC(=O)C(C)N)cc1F. The number of halogens is 2. The number of rotatable bonds is 3. The molecule has 0 aliphatic carbocycles. The van der Waals surface area contributed by atoms with Gasteiger partial charge in [0, 0.05) is 11.6 Å². The lowest BCUT2D eigenvalue weighted by atomic mass is 10.1. The summed E-state index contributed by atoms with van der Waals surface area (Å²) in [5.41, 5.74) is 6.39. The monoisotopic (exact) mass is 244 g/mol. The number of hydrogen-bond donors (Lipinski definition) is 2. The lowest BCUT2D eigenvalue weighted by Crippen LogP contribution is -2.37. The molecule has 0 aromatic heterocycles. The van der Waals surface area contributed by atoms with Crippen molar-refractivity contribution in [3.05, 3.63) is 34.1 Å². The molecule has 0 heterocycles. The van der Waals surface area contributed by atoms with Crippen molar-refractivity contribution in [2.75, 3.05) is 0 Å². The Kier molecular flexibility index (Phi) is 4.26. The molecule has 1 atom stereocenters. The molecule has 1 unspecified atom stereocenters. The van der Waals surface area contributed by atoms with E-state index < -0.39 is 6.04 Å². The van der Waals surface area contributed by atoms with E-state index in [-0.39, 0.29) is 18.3 Å². The van der Waals surface area contributed by atoms with Gasteiger partial charge in [-0.25, -0.2) is 4.39 Å². The lowest BCUT2D eigenvalue weighted by Gasteiger charge is -2.10. The summed E-state index contributed by atoms with van der Waals surface area (Å²) in [6, 6.07) is 2.26. The van der Waals surface area contributed by atoms with Gasteiger partial charge in [0.1, 0.15) is 5.82 Å². The minimum atomic E-state index is -0.589. The van der Waals surface area contributed by atoms with Crippen molar-refractivity contribution in [3.8, 4) is 0 Å². The van der Waals surface area contributed by atoms with Gasteiger partial charge in [0.05, 0.1) is 6.04 Å². The molecule has 0 saturated carbocycles. The number of aryl methyl sites for hydroxylation is 1. The van der Waals surface area contributed by atoms with Crippen LogP contribution in [0, 0.1) is 12.7 Å². The van der Waals surface area contributed by atoms with E-state index >= 15 is 0 Å². The molecule has 3 nitrogen and oxygen atoms in total. The predicted molar refractivity (Wildman–Crippen MR) is 61.6 cm³/mol. The largest absolute Gasteiger partial charge is 0.351 e. The smallest absolute Gasteiger partial charge is 0.236 e. The summed E-state index contributed by atoms with van der Waals surface area (Å²) >= 11 is 5.92. The van der Waals surface area contributed by atoms with Crippen LogP contribution in [0.4, 0.5) is 4.39 Å². The summed E-state index contributed by atoms with van der Waals surface area (Å²) in [6.45, 7) is 3.38. The third-order valence-corrected chi connectivity index (χ3v) is 2.55. The van der Waals surface area contributed by atoms with E-state index in [2.05, 4.69) is 5.32 Å². The Labute approximate surface area is 98.8 Å². The molecule has 0 radical (unpaired) electrons. The van der Waals surface area contributed by atoms with Gasteiger partial charge in [0.15, 0.2) is 0 Å². The van der Waals surface area contributed by atoms with Crippen molar-refractivity contribution in [1.29, 1.82) is 0 Å². The van der Waals surface area contributed by atoms with Crippen molar-refractivity contribution in [2.24, 2.45) is 5.73 Å². The first-order valence-corrected chi connectivity index (χ1v) is 5.27. The third kappa shape index (κ3) is 3.18. The van der Waals surface area contributed by atoms with Crippen LogP contribution in [0.1, 0.15) is 18.1 Å². The number of carbonyl (C=O) groups excluding carboxylic acids is 1. The Bertz CT molecular complexity index is 407. The Balaban J connectivity index is 2.75. The number of benzene rings is 1. The number of carbonyl (C=O) groups is 1. The van der Waals surface area contributed by atoms with Crippen LogP contribution in [0.15, 0.2) is 12.1 Å². The van der Waals surface area contributed by atoms with Crippen molar-refractivity contribution in [2.45, 2.75) is 26.4 Å². The van der Waals surface area contributed by atoms with Crippen molar-refractivity contribution >= 4 is 17.5 Å². The summed E-state index contributed by atoms with van der Waals surface area (Å²) < 4.78 is 13.2. The van der Waals surface area contributed by atoms with Gasteiger partial charge in [0.2, 0.25) is 5.91 Å². The summed E-state index contributed by atoms with van der Waals surface area (Å²) in [5.74, 6) is -0.633. The van der Waals surface area contributed by atoms with Gasteiger partial charge >= 0.3 is 0 Å². The Morgan fingerprint density at radius 1 is 1.62 bits per heavy atom. The fraction of sp³-hybridized carbons (Fsp3) is 0.364. The molecule has 5 heteroatoms. The van der Waals surface area contributed by atoms with Crippen molar-refractivity contribution in [1.82, 2.24) is 5.32 Å². The maximum absolute atomic E-state index is 13.2. The molecule has 88 valence electrons. The molecular weight excluding hydrogens is 231 g/mol. The van der Waals surface area contributed by atoms with Gasteiger partial charge in [-0.1, -0.05) is 11.6 Å². The number of amides is 1. The highest BCUT2D eigenvalue weighted by Crippen LogP contribution is 2.20. The van der Waals surface area contributed by atoms with Gasteiger partial charge < -0.3 is 11.1 Å². The van der Waals surface area contributed by atoms with Gasteiger partial charge in [-0.15, -0.1) is 0 Å². The van der Waals surface area contributed by atoms with Gasteiger partial charge in [0.25, 0.3) is 0 Å². The summed E-state index contributed by atoms with van der Waals surface area (Å²) in [6.07, 6.45) is 0. The summed E-state index contributed by atoms with van der Waals surface area (Å²) in [4.78, 5) is 11.2. The van der Waals surface area contributed by atoms with E-state index in [1.54, 1.807) is 13.8 Å². The second-order valence-corrected chi connectivity index (χ2v) is 4.11. The van der Waals surface area contributed by atoms with Gasteiger partial charge in [-0.05, 0) is 37.1 Å². The zero-order valence-electron chi connectivity index (χ0n) is 9.18. The standard InChI is InChI=1S/C11H14ClFN2O/c1-6-3-9(12)8(4-10(6)13)5-15-11(16)7(2)14/h3-4,7H,5,14H2,1-2H3,(H,15,16). The Morgan fingerprint density at radius 2 is 2.25 bits per heavy atom. The molecule has 1 aromatic carbocycles. The fourth-order valence-electron chi connectivity index (χ4n) is 1.17. The summed E-state index contributed by atoms with van der Waals surface area (Å²) in [5, 5.41) is 3.00. The number of hydrogen-bond acceptors (Lipinski definition) is 2. The Morgan fingerprint density at radius 3 is 2.81 bits per heavy atom. The second kappa shape index (κ2) is 5.27. The highest BCUT2D eigenvalue weighted by atomic mass is 35.5. The predicted octanol–water partition coefficient (Wildman–Crippen LogP) is 1.75. The van der Waals surface area contributed by atoms with Crippen LogP contribution in [0.3, 0.4) is 0 Å². The molecule has 1 amide bonds. The van der Waals surface area contributed by atoms with E-state index in [1.807, 2.05) is 0 Å². The average molecular weight is 245 g/mol. The first kappa shape index (κ1) is 12.9. The topological polar surface area (TPSA) is 55.1 Å². The zero-order valence-corrected chi connectivity index (χ0v) is 9.94. The zero-order chi connectivity index (χ0) is 12.3. The molecule has 0 aliphatic heterocycles. The normalized spacial score (nSPS) is 12.3. The van der Waals surface area contributed by atoms with Crippen molar-refractivity contribution < 1.29 is 9.18 Å². The maximum atomic E-state index is 13.2. The molecule has 0 aliphatic rings. The Hall–Kier alpha value is -1.13. The summed E-state index contributed by atoms with van der Waals surface area (Å²) in [7, 11) is 0. The maximum Gasteiger partial charge on any atom is 0.236 e. The van der Waals surface area contributed by atoms with Crippen molar-refractivity contribution in [3.63, 3.8) is 0 Å². The molecule has 0 spiro atoms. The highest BCUT2D eigenvalue weighted by Gasteiger charge is 2.09. The molecule has 16 heavy (non-hydrogen) atoms. The first-order valence-electron chi connectivity index (χ1n) is 4.89. The van der Waals surface area contributed by atoms with E-state index in [4.69, 9.17) is 17.3 Å². The van der Waals surface area contributed by atoms with Crippen LogP contribution < -0.4 is 11.1 Å². The van der Waals surface area contributed by atoms with Crippen LogP contribution in [0.2, 0.25) is 5.02 Å². The highest BCUT2D eigenvalue weighted by molar-refractivity contribution is 6.31. The van der Waals surface area contributed by atoms with E-state index in [0.29, 0.717) is 16.1 Å². The fourth-order valence-corrected chi connectivity index (χ4v) is 1.45. The van der Waals surface area contributed by atoms with Crippen LogP contribution in [-0.4, -0.2) is 11.9 Å². The second-order valence-electron chi connectivity index (χ2n) is 3.70. The molecular formula is C11H14ClFN2O. The van der Waals surface area contributed by atoms with Crippen LogP contribution in [-0.2, 0) is 11.3 Å². The molecule has 0 fully saturated rings. The van der Waals surface area contributed by atoms with Gasteiger partial charge in [-0.3, -0.25) is 4.79 Å². The molecule has 0 saturated heterocycles. The van der Waals surface area contributed by atoms with E-state index in [0.717, 1.165) is 0 Å². The van der Waals surface area contributed by atoms with Crippen LogP contribution in [0.25, 0.3) is 0 Å². The lowest BCUT2D eigenvalue weighted by molar-refractivity contribution is -0.122. The minimum Gasteiger partial charge on any atom is -0.351 e. The third-order valence-electron chi connectivity index (χ3n) is 2.19. The van der Waals surface area contributed by atoms with E-state index in [9.17, 15) is 9.18 Å². The van der Waals surface area contributed by atoms with Crippen LogP contribution in [0.5, 0.6) is 0 Å². The number of nitrogens with two attached hydrogens (primary N) is 1. The first-order chi connectivity index (χ1) is 7.41. The average Bonchev–Trinajstić information content (AvgIpc) is 2.20. The van der Waals surface area contributed by atoms with Crippen LogP contribution >= 0.6 is 11.6 Å². The molecule has 0 bridgehead atoms. The molecule has 1 aromatic rings. The molecule has 1 rings (SSSR count). The quantitative estimate of drug-likeness (QED) is 0.851. The van der Waals surface area contributed by atoms with Gasteiger partial charge in [-0.2, -0.15) is 0 Å².